The average Bonchev–Trinajstić information content (AvgIpc) is 2.78. The van der Waals surface area contributed by atoms with Gasteiger partial charge < -0.3 is 14.3 Å². The number of aromatic hydroxyl groups is 1. The maximum absolute atomic E-state index is 9.92. The predicted octanol–water partition coefficient (Wildman–Crippen LogP) is 4.48. The number of ether oxygens (including phenoxy) is 1. The van der Waals surface area contributed by atoms with Crippen molar-refractivity contribution >= 4 is 28.0 Å². The van der Waals surface area contributed by atoms with Crippen molar-refractivity contribution in [3.05, 3.63) is 42.0 Å². The number of phenols is 1. The summed E-state index contributed by atoms with van der Waals surface area (Å²) in [6.45, 7) is 4.05. The molecule has 0 atom stereocenters. The maximum atomic E-state index is 9.92. The Labute approximate surface area is 116 Å². The normalized spacial score (nSPS) is 16.3. The first-order chi connectivity index (χ1) is 9.55. The lowest BCUT2D eigenvalue weighted by atomic mass is 9.98. The van der Waals surface area contributed by atoms with Gasteiger partial charge in [0.1, 0.15) is 16.9 Å². The van der Waals surface area contributed by atoms with E-state index in [1.54, 1.807) is 6.07 Å². The summed E-state index contributed by atoms with van der Waals surface area (Å²) in [6.07, 6.45) is 4.11. The molecule has 0 unspecified atom stereocenters. The van der Waals surface area contributed by atoms with Crippen molar-refractivity contribution in [2.75, 3.05) is 0 Å². The van der Waals surface area contributed by atoms with E-state index in [1.165, 1.54) is 0 Å². The Bertz CT molecular complexity index is 869. The molecule has 4 rings (SSSR count). The average molecular weight is 266 g/mol. The van der Waals surface area contributed by atoms with Gasteiger partial charge in [0.2, 0.25) is 0 Å². The quantitative estimate of drug-likeness (QED) is 0.652. The van der Waals surface area contributed by atoms with Crippen LogP contribution in [-0.2, 0) is 0 Å². The third-order valence-electron chi connectivity index (χ3n) is 3.67. The zero-order chi connectivity index (χ0) is 13.9. The Morgan fingerprint density at radius 2 is 1.95 bits per heavy atom. The van der Waals surface area contributed by atoms with Crippen molar-refractivity contribution in [3.8, 4) is 11.5 Å². The molecule has 1 aliphatic rings. The molecular formula is C17H14O3. The molecule has 1 N–H and O–H groups in total. The van der Waals surface area contributed by atoms with E-state index in [4.69, 9.17) is 9.15 Å². The van der Waals surface area contributed by atoms with Gasteiger partial charge >= 0.3 is 0 Å². The van der Waals surface area contributed by atoms with E-state index in [-0.39, 0.29) is 11.4 Å². The summed E-state index contributed by atoms with van der Waals surface area (Å²) < 4.78 is 11.7. The topological polar surface area (TPSA) is 42.6 Å². The van der Waals surface area contributed by atoms with Crippen molar-refractivity contribution in [2.24, 2.45) is 0 Å². The van der Waals surface area contributed by atoms with E-state index >= 15 is 0 Å². The Balaban J connectivity index is 2.14. The Hall–Kier alpha value is -2.42. The van der Waals surface area contributed by atoms with Gasteiger partial charge in [0, 0.05) is 16.3 Å². The number of furan rings is 1. The predicted molar refractivity (Wildman–Crippen MR) is 79.1 cm³/mol. The minimum Gasteiger partial charge on any atom is -0.504 e. The molecule has 3 aromatic rings. The fraction of sp³-hybridized carbons (Fsp3) is 0.176. The van der Waals surface area contributed by atoms with Gasteiger partial charge in [-0.25, -0.2) is 0 Å². The molecule has 0 fully saturated rings. The van der Waals surface area contributed by atoms with E-state index in [2.05, 4.69) is 6.08 Å². The number of rotatable bonds is 0. The molecule has 0 radical (unpaired) electrons. The van der Waals surface area contributed by atoms with Gasteiger partial charge in [0.25, 0.3) is 0 Å². The minimum absolute atomic E-state index is 0.161. The summed E-state index contributed by atoms with van der Waals surface area (Å²) in [5.74, 6) is 1.00. The largest absolute Gasteiger partial charge is 0.504 e. The second-order valence-corrected chi connectivity index (χ2v) is 5.65. The molecule has 100 valence electrons. The van der Waals surface area contributed by atoms with Crippen LogP contribution in [0.2, 0.25) is 0 Å². The molecular weight excluding hydrogens is 252 g/mol. The summed E-state index contributed by atoms with van der Waals surface area (Å²) in [5, 5.41) is 11.8. The van der Waals surface area contributed by atoms with Crippen LogP contribution >= 0.6 is 0 Å². The molecule has 0 amide bonds. The molecule has 2 aromatic carbocycles. The monoisotopic (exact) mass is 266 g/mol. The first-order valence-electron chi connectivity index (χ1n) is 6.61. The standard InChI is InChI=1S/C17H14O3/c1-17(2)9-8-10-13(20-17)6-7-14-15(10)11-4-3-5-12(18)16(11)19-14/h3-9,18H,1-2H3. The zero-order valence-corrected chi connectivity index (χ0v) is 11.3. The third-order valence-corrected chi connectivity index (χ3v) is 3.67. The summed E-state index contributed by atoms with van der Waals surface area (Å²) in [6, 6.07) is 9.22. The van der Waals surface area contributed by atoms with Crippen molar-refractivity contribution < 1.29 is 14.3 Å². The van der Waals surface area contributed by atoms with Crippen molar-refractivity contribution in [2.45, 2.75) is 19.4 Å². The summed E-state index contributed by atoms with van der Waals surface area (Å²) in [4.78, 5) is 0. The van der Waals surface area contributed by atoms with Crippen molar-refractivity contribution in [3.63, 3.8) is 0 Å². The van der Waals surface area contributed by atoms with Gasteiger partial charge in [-0.15, -0.1) is 0 Å². The molecule has 20 heavy (non-hydrogen) atoms. The van der Waals surface area contributed by atoms with Gasteiger partial charge in [0.05, 0.1) is 0 Å². The Kier molecular flexibility index (Phi) is 2.04. The molecule has 3 heteroatoms. The van der Waals surface area contributed by atoms with Gasteiger partial charge in [-0.2, -0.15) is 0 Å². The fourth-order valence-electron chi connectivity index (χ4n) is 2.74. The SMILES string of the molecule is CC1(C)C=Cc2c(ccc3oc4c(O)cccc4c23)O1. The van der Waals surface area contributed by atoms with Crippen LogP contribution in [-0.4, -0.2) is 10.7 Å². The van der Waals surface area contributed by atoms with Crippen LogP contribution in [0.4, 0.5) is 0 Å². The van der Waals surface area contributed by atoms with Crippen LogP contribution in [0.25, 0.3) is 28.0 Å². The third kappa shape index (κ3) is 1.46. The molecule has 2 heterocycles. The van der Waals surface area contributed by atoms with Crippen LogP contribution in [0, 0.1) is 0 Å². The molecule has 1 aliphatic heterocycles. The second kappa shape index (κ2) is 3.57. The first kappa shape index (κ1) is 11.4. The zero-order valence-electron chi connectivity index (χ0n) is 11.3. The highest BCUT2D eigenvalue weighted by atomic mass is 16.5. The van der Waals surface area contributed by atoms with Crippen LogP contribution < -0.4 is 4.74 Å². The van der Waals surface area contributed by atoms with Crippen LogP contribution in [0.3, 0.4) is 0 Å². The van der Waals surface area contributed by atoms with E-state index in [0.29, 0.717) is 5.58 Å². The molecule has 0 saturated carbocycles. The van der Waals surface area contributed by atoms with E-state index < -0.39 is 0 Å². The lowest BCUT2D eigenvalue weighted by molar-refractivity contribution is 0.159. The molecule has 0 spiro atoms. The van der Waals surface area contributed by atoms with Gasteiger partial charge in [0.15, 0.2) is 11.3 Å². The summed E-state index contributed by atoms with van der Waals surface area (Å²) in [7, 11) is 0. The number of benzene rings is 2. The highest BCUT2D eigenvalue weighted by molar-refractivity contribution is 6.11. The highest BCUT2D eigenvalue weighted by Gasteiger charge is 2.24. The van der Waals surface area contributed by atoms with Crippen molar-refractivity contribution in [1.29, 1.82) is 0 Å². The second-order valence-electron chi connectivity index (χ2n) is 5.65. The van der Waals surface area contributed by atoms with Crippen LogP contribution in [0.5, 0.6) is 11.5 Å². The summed E-state index contributed by atoms with van der Waals surface area (Å²) in [5.41, 5.74) is 1.98. The molecule has 1 aromatic heterocycles. The molecule has 3 nitrogen and oxygen atoms in total. The smallest absolute Gasteiger partial charge is 0.177 e. The van der Waals surface area contributed by atoms with Crippen LogP contribution in [0.1, 0.15) is 19.4 Å². The molecule has 0 bridgehead atoms. The number of fused-ring (bicyclic) bond motifs is 5. The number of hydrogen-bond donors (Lipinski definition) is 1. The first-order valence-corrected chi connectivity index (χ1v) is 6.61. The minimum atomic E-state index is -0.303. The van der Waals surface area contributed by atoms with Gasteiger partial charge in [-0.3, -0.25) is 0 Å². The van der Waals surface area contributed by atoms with Crippen molar-refractivity contribution in [1.82, 2.24) is 0 Å². The lowest BCUT2D eigenvalue weighted by Gasteiger charge is -2.27. The highest BCUT2D eigenvalue weighted by Crippen LogP contribution is 2.42. The van der Waals surface area contributed by atoms with Crippen LogP contribution in [0.15, 0.2) is 40.8 Å². The van der Waals surface area contributed by atoms with E-state index in [9.17, 15) is 5.11 Å². The number of hydrogen-bond acceptors (Lipinski definition) is 3. The van der Waals surface area contributed by atoms with Gasteiger partial charge in [-0.1, -0.05) is 18.2 Å². The number of phenolic OH excluding ortho intramolecular Hbond substituents is 1. The maximum Gasteiger partial charge on any atom is 0.177 e. The van der Waals surface area contributed by atoms with E-state index in [0.717, 1.165) is 27.7 Å². The van der Waals surface area contributed by atoms with E-state index in [1.807, 2.05) is 44.2 Å². The molecule has 0 saturated heterocycles. The van der Waals surface area contributed by atoms with Gasteiger partial charge in [-0.05, 0) is 38.1 Å². The Morgan fingerprint density at radius 1 is 1.10 bits per heavy atom. The Morgan fingerprint density at radius 3 is 2.80 bits per heavy atom. The lowest BCUT2D eigenvalue weighted by Crippen LogP contribution is -2.27. The number of para-hydroxylation sites is 1. The molecule has 0 aliphatic carbocycles. The fourth-order valence-corrected chi connectivity index (χ4v) is 2.74. The summed E-state index contributed by atoms with van der Waals surface area (Å²) >= 11 is 0.